The van der Waals surface area contributed by atoms with Crippen LogP contribution in [0.4, 0.5) is 4.39 Å². The van der Waals surface area contributed by atoms with Gasteiger partial charge in [-0.25, -0.2) is 4.39 Å². The molecule has 1 saturated heterocycles. The number of nitrogens with one attached hydrogen (secondary N) is 1. The maximum atomic E-state index is 13.9. The van der Waals surface area contributed by atoms with Crippen LogP contribution in [0.5, 0.6) is 0 Å². The van der Waals surface area contributed by atoms with Crippen LogP contribution in [0.25, 0.3) is 10.9 Å². The standard InChI is InChI=1S/C19H18FN3O/c1-12-16(15-5-2-6-17(20)19(15)22-12)8-18(24)23-10-14(11-23)13-4-3-7-21-9-13/h2-7,9,14,22H,8,10-11H2,1H3. The van der Waals surface area contributed by atoms with Gasteiger partial charge < -0.3 is 9.88 Å². The summed E-state index contributed by atoms with van der Waals surface area (Å²) in [6, 6.07) is 8.94. The number of carbonyl (C=O) groups is 1. The number of rotatable bonds is 3. The lowest BCUT2D eigenvalue weighted by atomic mass is 9.92. The van der Waals surface area contributed by atoms with Gasteiger partial charge in [0.15, 0.2) is 0 Å². The third-order valence-electron chi connectivity index (χ3n) is 4.82. The Morgan fingerprint density at radius 2 is 2.17 bits per heavy atom. The van der Waals surface area contributed by atoms with Crippen LogP contribution >= 0.6 is 0 Å². The minimum Gasteiger partial charge on any atom is -0.356 e. The van der Waals surface area contributed by atoms with Crippen LogP contribution in [0.1, 0.15) is 22.7 Å². The summed E-state index contributed by atoms with van der Waals surface area (Å²) in [6.07, 6.45) is 3.91. The number of halogens is 1. The molecule has 0 unspecified atom stereocenters. The monoisotopic (exact) mass is 323 g/mol. The maximum absolute atomic E-state index is 13.9. The highest BCUT2D eigenvalue weighted by Gasteiger charge is 2.32. The smallest absolute Gasteiger partial charge is 0.227 e. The normalized spacial score (nSPS) is 14.8. The number of hydrogen-bond acceptors (Lipinski definition) is 2. The summed E-state index contributed by atoms with van der Waals surface area (Å²) in [5.41, 5.74) is 3.40. The van der Waals surface area contributed by atoms with Crippen LogP contribution in [-0.2, 0) is 11.2 Å². The molecule has 0 aliphatic carbocycles. The summed E-state index contributed by atoms with van der Waals surface area (Å²) in [5.74, 6) is 0.169. The van der Waals surface area contributed by atoms with Crippen molar-refractivity contribution in [2.75, 3.05) is 13.1 Å². The van der Waals surface area contributed by atoms with Crippen LogP contribution in [0.3, 0.4) is 0 Å². The van der Waals surface area contributed by atoms with Crippen LogP contribution in [0.2, 0.25) is 0 Å². The number of aryl methyl sites for hydroxylation is 1. The predicted octanol–water partition coefficient (Wildman–Crippen LogP) is 3.18. The minimum absolute atomic E-state index is 0.0865. The van der Waals surface area contributed by atoms with Crippen molar-refractivity contribution in [3.05, 3.63) is 65.4 Å². The molecule has 1 aliphatic heterocycles. The Morgan fingerprint density at radius 3 is 2.92 bits per heavy atom. The Balaban J connectivity index is 1.48. The zero-order valence-electron chi connectivity index (χ0n) is 13.4. The van der Waals surface area contributed by atoms with Crippen LogP contribution < -0.4 is 0 Å². The molecule has 122 valence electrons. The number of para-hydroxylation sites is 1. The molecule has 1 aromatic carbocycles. The summed E-state index contributed by atoms with van der Waals surface area (Å²) < 4.78 is 13.9. The van der Waals surface area contributed by atoms with E-state index in [1.54, 1.807) is 12.3 Å². The van der Waals surface area contributed by atoms with E-state index in [-0.39, 0.29) is 11.7 Å². The molecule has 5 heteroatoms. The fourth-order valence-electron chi connectivity index (χ4n) is 3.37. The van der Waals surface area contributed by atoms with E-state index in [2.05, 4.69) is 9.97 Å². The van der Waals surface area contributed by atoms with E-state index < -0.39 is 0 Å². The molecular weight excluding hydrogens is 305 g/mol. The molecule has 0 spiro atoms. The van der Waals surface area contributed by atoms with Gasteiger partial charge in [-0.15, -0.1) is 0 Å². The van der Waals surface area contributed by atoms with Gasteiger partial charge in [-0.2, -0.15) is 0 Å². The average molecular weight is 323 g/mol. The number of carbonyl (C=O) groups excluding carboxylic acids is 1. The van der Waals surface area contributed by atoms with Crippen molar-refractivity contribution in [3.63, 3.8) is 0 Å². The second kappa shape index (κ2) is 5.74. The van der Waals surface area contributed by atoms with E-state index >= 15 is 0 Å². The first-order chi connectivity index (χ1) is 11.6. The Kier molecular flexibility index (Phi) is 3.56. The summed E-state index contributed by atoms with van der Waals surface area (Å²) in [6.45, 7) is 3.33. The molecular formula is C19H18FN3O. The van der Waals surface area contributed by atoms with E-state index in [0.29, 0.717) is 17.9 Å². The summed E-state index contributed by atoms with van der Waals surface area (Å²) in [5, 5.41) is 0.796. The van der Waals surface area contributed by atoms with E-state index in [4.69, 9.17) is 0 Å². The number of nitrogens with zero attached hydrogens (tertiary/aromatic N) is 2. The number of fused-ring (bicyclic) bond motifs is 1. The highest BCUT2D eigenvalue weighted by Crippen LogP contribution is 2.29. The molecule has 0 bridgehead atoms. The predicted molar refractivity (Wildman–Crippen MR) is 90.3 cm³/mol. The van der Waals surface area contributed by atoms with Crippen LogP contribution in [-0.4, -0.2) is 33.9 Å². The lowest BCUT2D eigenvalue weighted by Crippen LogP contribution is -2.49. The van der Waals surface area contributed by atoms with Crippen molar-refractivity contribution in [2.45, 2.75) is 19.3 Å². The van der Waals surface area contributed by atoms with Crippen molar-refractivity contribution in [1.82, 2.24) is 14.9 Å². The fraction of sp³-hybridized carbons (Fsp3) is 0.263. The third-order valence-corrected chi connectivity index (χ3v) is 4.82. The average Bonchev–Trinajstić information content (AvgIpc) is 2.85. The van der Waals surface area contributed by atoms with Crippen molar-refractivity contribution in [1.29, 1.82) is 0 Å². The van der Waals surface area contributed by atoms with E-state index in [1.165, 1.54) is 11.6 Å². The van der Waals surface area contributed by atoms with E-state index in [1.807, 2.05) is 36.2 Å². The van der Waals surface area contributed by atoms with Gasteiger partial charge in [0.1, 0.15) is 5.82 Å². The highest BCUT2D eigenvalue weighted by atomic mass is 19.1. The van der Waals surface area contributed by atoms with Crippen molar-refractivity contribution in [3.8, 4) is 0 Å². The van der Waals surface area contributed by atoms with Gasteiger partial charge in [-0.1, -0.05) is 18.2 Å². The molecule has 24 heavy (non-hydrogen) atoms. The first-order valence-electron chi connectivity index (χ1n) is 8.07. The molecule has 1 aliphatic rings. The Hall–Kier alpha value is -2.69. The second-order valence-electron chi connectivity index (χ2n) is 6.35. The molecule has 4 rings (SSSR count). The second-order valence-corrected chi connectivity index (χ2v) is 6.35. The zero-order chi connectivity index (χ0) is 16.7. The van der Waals surface area contributed by atoms with Gasteiger partial charge in [-0.05, 0) is 30.2 Å². The molecule has 4 nitrogen and oxygen atoms in total. The first-order valence-corrected chi connectivity index (χ1v) is 8.07. The maximum Gasteiger partial charge on any atom is 0.227 e. The number of aromatic amines is 1. The summed E-state index contributed by atoms with van der Waals surface area (Å²) >= 11 is 0. The molecule has 1 fully saturated rings. The molecule has 1 amide bonds. The Labute approximate surface area is 139 Å². The van der Waals surface area contributed by atoms with Crippen molar-refractivity contribution >= 4 is 16.8 Å². The molecule has 0 saturated carbocycles. The number of pyridine rings is 1. The molecule has 3 aromatic rings. The van der Waals surface area contributed by atoms with Gasteiger partial charge in [0, 0.05) is 42.5 Å². The fourth-order valence-corrected chi connectivity index (χ4v) is 3.37. The Bertz CT molecular complexity index is 898. The van der Waals surface area contributed by atoms with Gasteiger partial charge in [0.2, 0.25) is 5.91 Å². The van der Waals surface area contributed by atoms with Gasteiger partial charge in [0.25, 0.3) is 0 Å². The number of amides is 1. The van der Waals surface area contributed by atoms with Crippen molar-refractivity contribution < 1.29 is 9.18 Å². The number of benzene rings is 1. The molecule has 1 N–H and O–H groups in total. The summed E-state index contributed by atoms with van der Waals surface area (Å²) in [4.78, 5) is 21.6. The van der Waals surface area contributed by atoms with E-state index in [0.717, 1.165) is 29.7 Å². The van der Waals surface area contributed by atoms with Gasteiger partial charge in [-0.3, -0.25) is 9.78 Å². The molecule has 3 heterocycles. The van der Waals surface area contributed by atoms with E-state index in [9.17, 15) is 9.18 Å². The Morgan fingerprint density at radius 1 is 1.33 bits per heavy atom. The van der Waals surface area contributed by atoms with Gasteiger partial charge in [0.05, 0.1) is 11.9 Å². The topological polar surface area (TPSA) is 49.0 Å². The lowest BCUT2D eigenvalue weighted by molar-refractivity contribution is -0.134. The minimum atomic E-state index is -0.283. The number of aromatic nitrogens is 2. The van der Waals surface area contributed by atoms with Crippen LogP contribution in [0, 0.1) is 12.7 Å². The zero-order valence-corrected chi connectivity index (χ0v) is 13.4. The van der Waals surface area contributed by atoms with Gasteiger partial charge >= 0.3 is 0 Å². The summed E-state index contributed by atoms with van der Waals surface area (Å²) in [7, 11) is 0. The molecule has 0 atom stereocenters. The highest BCUT2D eigenvalue weighted by molar-refractivity contribution is 5.90. The number of likely N-dealkylation sites (tertiary alicyclic amines) is 1. The first kappa shape index (κ1) is 14.9. The van der Waals surface area contributed by atoms with Crippen LogP contribution in [0.15, 0.2) is 42.7 Å². The largest absolute Gasteiger partial charge is 0.356 e. The number of hydrogen-bond donors (Lipinski definition) is 1. The molecule has 2 aromatic heterocycles. The number of H-pyrrole nitrogens is 1. The van der Waals surface area contributed by atoms with Crippen molar-refractivity contribution in [2.24, 2.45) is 0 Å². The molecule has 0 radical (unpaired) electrons. The lowest BCUT2D eigenvalue weighted by Gasteiger charge is -2.39. The quantitative estimate of drug-likeness (QED) is 0.805. The SMILES string of the molecule is Cc1[nH]c2c(F)cccc2c1CC(=O)N1CC(c2cccnc2)C1. The third kappa shape index (κ3) is 2.46.